The predicted octanol–water partition coefficient (Wildman–Crippen LogP) is 3.97. The third-order valence-corrected chi connectivity index (χ3v) is 3.48. The van der Waals surface area contributed by atoms with Gasteiger partial charge in [0.15, 0.2) is 0 Å². The van der Waals surface area contributed by atoms with Gasteiger partial charge in [-0.3, -0.25) is 0 Å². The van der Waals surface area contributed by atoms with Crippen LogP contribution >= 0.6 is 0 Å². The van der Waals surface area contributed by atoms with E-state index in [9.17, 15) is 9.18 Å². The quantitative estimate of drug-likeness (QED) is 0.755. The highest BCUT2D eigenvalue weighted by Gasteiger charge is 2.10. The molecule has 0 bridgehead atoms. The average Bonchev–Trinajstić information content (AvgIpc) is 2.97. The first-order valence-electron chi connectivity index (χ1n) is 6.95. The highest BCUT2D eigenvalue weighted by molar-refractivity contribution is 5.92. The van der Waals surface area contributed by atoms with Crippen LogP contribution in [0.3, 0.4) is 0 Å². The molecule has 2 amide bonds. The lowest BCUT2D eigenvalue weighted by atomic mass is 10.2. The minimum Gasteiger partial charge on any atom is -0.361 e. The highest BCUT2D eigenvalue weighted by atomic mass is 19.1. The molecule has 0 aliphatic rings. The van der Waals surface area contributed by atoms with Crippen molar-refractivity contribution >= 4 is 22.6 Å². The summed E-state index contributed by atoms with van der Waals surface area (Å²) in [6.45, 7) is 0.415. The monoisotopic (exact) mass is 297 g/mol. The zero-order valence-electron chi connectivity index (χ0n) is 12.1. The van der Waals surface area contributed by atoms with Crippen molar-refractivity contribution < 1.29 is 9.18 Å². The number of fused-ring (bicyclic) bond motifs is 1. The zero-order chi connectivity index (χ0) is 15.5. The van der Waals surface area contributed by atoms with Gasteiger partial charge in [0.1, 0.15) is 5.82 Å². The van der Waals surface area contributed by atoms with Crippen molar-refractivity contribution in [1.82, 2.24) is 9.88 Å². The number of urea groups is 1. The van der Waals surface area contributed by atoms with E-state index in [1.54, 1.807) is 24.1 Å². The number of aromatic nitrogens is 1. The molecule has 0 unspecified atom stereocenters. The van der Waals surface area contributed by atoms with Gasteiger partial charge >= 0.3 is 6.03 Å². The molecule has 3 aromatic rings. The third kappa shape index (κ3) is 3.09. The number of anilines is 1. The summed E-state index contributed by atoms with van der Waals surface area (Å²) in [5.41, 5.74) is 2.64. The highest BCUT2D eigenvalue weighted by Crippen LogP contribution is 2.18. The first-order chi connectivity index (χ1) is 10.6. The molecule has 3 rings (SSSR count). The largest absolute Gasteiger partial charge is 0.361 e. The summed E-state index contributed by atoms with van der Waals surface area (Å²) in [5.74, 6) is -0.282. The van der Waals surface area contributed by atoms with Crippen molar-refractivity contribution in [2.45, 2.75) is 6.54 Å². The maximum atomic E-state index is 12.9. The summed E-state index contributed by atoms with van der Waals surface area (Å²) in [7, 11) is 1.70. The standard InChI is InChI=1S/C17H16FN3O/c1-21(11-12-2-4-14(18)5-3-12)17(22)20-15-6-7-16-13(10-15)8-9-19-16/h2-10,19H,11H2,1H3,(H,20,22). The number of hydrogen-bond donors (Lipinski definition) is 2. The number of carbonyl (C=O) groups excluding carboxylic acids is 1. The van der Waals surface area contributed by atoms with Crippen molar-refractivity contribution in [3.8, 4) is 0 Å². The lowest BCUT2D eigenvalue weighted by Gasteiger charge is -2.18. The number of nitrogens with zero attached hydrogens (tertiary/aromatic N) is 1. The fraction of sp³-hybridized carbons (Fsp3) is 0.118. The molecule has 5 heteroatoms. The summed E-state index contributed by atoms with van der Waals surface area (Å²) in [6, 6.07) is 13.5. The molecule has 0 spiro atoms. The molecule has 0 saturated carbocycles. The number of nitrogens with one attached hydrogen (secondary N) is 2. The number of carbonyl (C=O) groups is 1. The van der Waals surface area contributed by atoms with Crippen LogP contribution in [0.1, 0.15) is 5.56 Å². The Morgan fingerprint density at radius 3 is 2.73 bits per heavy atom. The van der Waals surface area contributed by atoms with E-state index in [-0.39, 0.29) is 11.8 Å². The van der Waals surface area contributed by atoms with Crippen molar-refractivity contribution in [3.63, 3.8) is 0 Å². The Kier molecular flexibility index (Phi) is 3.78. The van der Waals surface area contributed by atoms with Crippen LogP contribution in [0.15, 0.2) is 54.7 Å². The van der Waals surface area contributed by atoms with Gasteiger partial charge in [-0.25, -0.2) is 9.18 Å². The van der Waals surface area contributed by atoms with E-state index in [4.69, 9.17) is 0 Å². The van der Waals surface area contributed by atoms with Crippen LogP contribution in [0.25, 0.3) is 10.9 Å². The summed E-state index contributed by atoms with van der Waals surface area (Å²) in [6.07, 6.45) is 1.86. The number of hydrogen-bond acceptors (Lipinski definition) is 1. The van der Waals surface area contributed by atoms with Gasteiger partial charge in [-0.1, -0.05) is 12.1 Å². The second-order valence-corrected chi connectivity index (χ2v) is 5.19. The molecular weight excluding hydrogens is 281 g/mol. The van der Waals surface area contributed by atoms with Gasteiger partial charge in [0.2, 0.25) is 0 Å². The van der Waals surface area contributed by atoms with Crippen molar-refractivity contribution in [1.29, 1.82) is 0 Å². The molecule has 112 valence electrons. The van der Waals surface area contributed by atoms with E-state index >= 15 is 0 Å². The van der Waals surface area contributed by atoms with Gasteiger partial charge in [0, 0.05) is 36.4 Å². The lowest BCUT2D eigenvalue weighted by molar-refractivity contribution is 0.220. The number of H-pyrrole nitrogens is 1. The molecule has 2 aromatic carbocycles. The van der Waals surface area contributed by atoms with Crippen LogP contribution < -0.4 is 5.32 Å². The average molecular weight is 297 g/mol. The number of benzene rings is 2. The SMILES string of the molecule is CN(Cc1ccc(F)cc1)C(=O)Nc1ccc2[nH]ccc2c1. The molecule has 4 nitrogen and oxygen atoms in total. The van der Waals surface area contributed by atoms with Gasteiger partial charge in [0.25, 0.3) is 0 Å². The molecule has 0 atom stereocenters. The van der Waals surface area contributed by atoms with Crippen LogP contribution in [-0.2, 0) is 6.54 Å². The molecule has 0 fully saturated rings. The number of aromatic amines is 1. The molecule has 0 aliphatic carbocycles. The van der Waals surface area contributed by atoms with Gasteiger partial charge in [-0.2, -0.15) is 0 Å². The molecule has 1 aromatic heterocycles. The van der Waals surface area contributed by atoms with Crippen LogP contribution in [0.5, 0.6) is 0 Å². The van der Waals surface area contributed by atoms with Crippen LogP contribution in [-0.4, -0.2) is 23.0 Å². The minimum absolute atomic E-state index is 0.209. The minimum atomic E-state index is -0.282. The zero-order valence-corrected chi connectivity index (χ0v) is 12.1. The number of halogens is 1. The summed E-state index contributed by atoms with van der Waals surface area (Å²) >= 11 is 0. The fourth-order valence-electron chi connectivity index (χ4n) is 2.29. The van der Waals surface area contributed by atoms with E-state index in [2.05, 4.69) is 10.3 Å². The predicted molar refractivity (Wildman–Crippen MR) is 85.2 cm³/mol. The lowest BCUT2D eigenvalue weighted by Crippen LogP contribution is -2.30. The first kappa shape index (κ1) is 14.1. The van der Waals surface area contributed by atoms with Gasteiger partial charge in [0.05, 0.1) is 0 Å². The number of amides is 2. The Bertz CT molecular complexity index is 795. The second kappa shape index (κ2) is 5.89. The van der Waals surface area contributed by atoms with E-state index in [0.29, 0.717) is 6.54 Å². The maximum Gasteiger partial charge on any atom is 0.321 e. The van der Waals surface area contributed by atoms with Crippen LogP contribution in [0.4, 0.5) is 14.9 Å². The normalized spacial score (nSPS) is 10.6. The Balaban J connectivity index is 1.66. The second-order valence-electron chi connectivity index (χ2n) is 5.19. The summed E-state index contributed by atoms with van der Waals surface area (Å²) in [4.78, 5) is 16.8. The smallest absolute Gasteiger partial charge is 0.321 e. The van der Waals surface area contributed by atoms with Crippen molar-refractivity contribution in [2.75, 3.05) is 12.4 Å². The summed E-state index contributed by atoms with van der Waals surface area (Å²) in [5, 5.41) is 3.90. The maximum absolute atomic E-state index is 12.9. The van der Waals surface area contributed by atoms with Crippen LogP contribution in [0, 0.1) is 5.82 Å². The fourth-order valence-corrected chi connectivity index (χ4v) is 2.29. The Hall–Kier alpha value is -2.82. The molecule has 2 N–H and O–H groups in total. The van der Waals surface area contributed by atoms with Crippen LogP contribution in [0.2, 0.25) is 0 Å². The van der Waals surface area contributed by atoms with E-state index in [0.717, 1.165) is 22.2 Å². The molecule has 22 heavy (non-hydrogen) atoms. The Morgan fingerprint density at radius 1 is 1.18 bits per heavy atom. The van der Waals surface area contributed by atoms with E-state index in [1.165, 1.54) is 12.1 Å². The topological polar surface area (TPSA) is 48.1 Å². The molecule has 1 heterocycles. The Morgan fingerprint density at radius 2 is 1.95 bits per heavy atom. The third-order valence-electron chi connectivity index (χ3n) is 3.48. The van der Waals surface area contributed by atoms with Crippen molar-refractivity contribution in [2.24, 2.45) is 0 Å². The first-order valence-corrected chi connectivity index (χ1v) is 6.95. The molecular formula is C17H16FN3O. The van der Waals surface area contributed by atoms with Crippen molar-refractivity contribution in [3.05, 3.63) is 66.1 Å². The molecule has 0 radical (unpaired) electrons. The van der Waals surface area contributed by atoms with E-state index < -0.39 is 0 Å². The van der Waals surface area contributed by atoms with Gasteiger partial charge in [-0.15, -0.1) is 0 Å². The Labute approximate surface area is 127 Å². The number of rotatable bonds is 3. The van der Waals surface area contributed by atoms with Gasteiger partial charge < -0.3 is 15.2 Å². The molecule has 0 saturated heterocycles. The van der Waals surface area contributed by atoms with E-state index in [1.807, 2.05) is 30.5 Å². The molecule has 0 aliphatic heterocycles. The van der Waals surface area contributed by atoms with Gasteiger partial charge in [-0.05, 0) is 42.0 Å². The summed E-state index contributed by atoms with van der Waals surface area (Å²) < 4.78 is 12.9.